The van der Waals surface area contributed by atoms with E-state index in [1.165, 1.54) is 0 Å². The normalized spacial score (nSPS) is 20.6. The zero-order valence-corrected chi connectivity index (χ0v) is 11.3. The van der Waals surface area contributed by atoms with Crippen molar-refractivity contribution in [3.63, 3.8) is 0 Å². The lowest BCUT2D eigenvalue weighted by molar-refractivity contribution is -0.137. The van der Waals surface area contributed by atoms with Crippen molar-refractivity contribution in [2.75, 3.05) is 16.8 Å². The van der Waals surface area contributed by atoms with Gasteiger partial charge >= 0.3 is 6.18 Å². The third-order valence-corrected chi connectivity index (χ3v) is 4.15. The molecule has 1 aromatic carbocycles. The Labute approximate surface area is 110 Å². The molecule has 1 N–H and O–H groups in total. The Hall–Kier alpha value is -0.360. The highest BCUT2D eigenvalue weighted by atomic mass is 79.9. The molecule has 0 spiro atoms. The summed E-state index contributed by atoms with van der Waals surface area (Å²) in [4.78, 5) is 0. The molecule has 1 fully saturated rings. The predicted molar refractivity (Wildman–Crippen MR) is 68.5 cm³/mol. The topological polar surface area (TPSA) is 12.0 Å². The van der Waals surface area contributed by atoms with E-state index in [1.54, 1.807) is 6.07 Å². The summed E-state index contributed by atoms with van der Waals surface area (Å²) in [6, 6.07) is 4.20. The van der Waals surface area contributed by atoms with Crippen LogP contribution in [-0.2, 0) is 6.18 Å². The summed E-state index contributed by atoms with van der Waals surface area (Å²) >= 11 is 4.93. The number of alkyl halides is 3. The fourth-order valence-corrected chi connectivity index (χ4v) is 3.37. The number of hydrogen-bond acceptors (Lipinski definition) is 2. The molecule has 1 aromatic rings. The van der Waals surface area contributed by atoms with E-state index in [9.17, 15) is 13.2 Å². The summed E-state index contributed by atoms with van der Waals surface area (Å²) in [5, 5.41) is 3.14. The van der Waals surface area contributed by atoms with Gasteiger partial charge in [-0.05, 0) is 30.4 Å². The van der Waals surface area contributed by atoms with Crippen LogP contribution in [0, 0.1) is 0 Å². The van der Waals surface area contributed by atoms with Gasteiger partial charge in [0.1, 0.15) is 0 Å². The molecule has 0 amide bonds. The summed E-state index contributed by atoms with van der Waals surface area (Å²) in [5.74, 6) is 2.02. The fraction of sp³-hybridized carbons (Fsp3) is 0.455. The first-order valence-corrected chi connectivity index (χ1v) is 7.12. The summed E-state index contributed by atoms with van der Waals surface area (Å²) in [6.07, 6.45) is -3.30. The van der Waals surface area contributed by atoms with E-state index in [2.05, 4.69) is 21.2 Å². The number of thioether (sulfide) groups is 1. The van der Waals surface area contributed by atoms with Gasteiger partial charge in [-0.2, -0.15) is 24.9 Å². The van der Waals surface area contributed by atoms with Crippen molar-refractivity contribution in [3.8, 4) is 0 Å². The van der Waals surface area contributed by atoms with E-state index in [4.69, 9.17) is 0 Å². The Morgan fingerprint density at radius 3 is 2.65 bits per heavy atom. The van der Waals surface area contributed by atoms with E-state index in [0.29, 0.717) is 10.2 Å². The molecule has 1 heterocycles. The zero-order chi connectivity index (χ0) is 12.5. The molecule has 0 saturated carbocycles. The monoisotopic (exact) mass is 325 g/mol. The molecule has 1 atom stereocenters. The SMILES string of the molecule is FC(F)(F)c1cc(Br)cc(NC2CCSC2)c1. The second-order valence-corrected chi connectivity index (χ2v) is 6.00. The summed E-state index contributed by atoms with van der Waals surface area (Å²) in [6.45, 7) is 0. The number of anilines is 1. The molecule has 0 bridgehead atoms. The second kappa shape index (κ2) is 5.10. The van der Waals surface area contributed by atoms with Crippen molar-refractivity contribution in [2.24, 2.45) is 0 Å². The first-order chi connectivity index (χ1) is 7.95. The van der Waals surface area contributed by atoms with Crippen LogP contribution < -0.4 is 5.32 Å². The van der Waals surface area contributed by atoms with Crippen LogP contribution in [0.2, 0.25) is 0 Å². The van der Waals surface area contributed by atoms with Crippen LogP contribution in [-0.4, -0.2) is 17.5 Å². The minimum absolute atomic E-state index is 0.274. The number of halogens is 4. The number of benzene rings is 1. The lowest BCUT2D eigenvalue weighted by Gasteiger charge is -2.15. The molecule has 1 aliphatic heterocycles. The smallest absolute Gasteiger partial charge is 0.381 e. The van der Waals surface area contributed by atoms with Crippen LogP contribution in [0.4, 0.5) is 18.9 Å². The fourth-order valence-electron chi connectivity index (χ4n) is 1.72. The molecule has 0 aromatic heterocycles. The van der Waals surface area contributed by atoms with Gasteiger partial charge in [-0.1, -0.05) is 15.9 Å². The lowest BCUT2D eigenvalue weighted by atomic mass is 10.1. The standard InChI is InChI=1S/C11H11BrF3NS/c12-8-3-7(11(13,14)15)4-10(5-8)16-9-1-2-17-6-9/h3-5,9,16H,1-2,6H2. The van der Waals surface area contributed by atoms with Gasteiger partial charge in [-0.3, -0.25) is 0 Å². The molecule has 1 unspecified atom stereocenters. The van der Waals surface area contributed by atoms with E-state index in [-0.39, 0.29) is 6.04 Å². The van der Waals surface area contributed by atoms with Gasteiger partial charge in [0.05, 0.1) is 5.56 Å². The van der Waals surface area contributed by atoms with Crippen molar-refractivity contribution >= 4 is 33.4 Å². The predicted octanol–water partition coefficient (Wildman–Crippen LogP) is 4.39. The van der Waals surface area contributed by atoms with Crippen molar-refractivity contribution < 1.29 is 13.2 Å². The number of rotatable bonds is 2. The quantitative estimate of drug-likeness (QED) is 0.865. The van der Waals surface area contributed by atoms with Gasteiger partial charge < -0.3 is 5.32 Å². The van der Waals surface area contributed by atoms with Crippen molar-refractivity contribution in [2.45, 2.75) is 18.6 Å². The van der Waals surface area contributed by atoms with Gasteiger partial charge in [0, 0.05) is 22.0 Å². The van der Waals surface area contributed by atoms with Crippen LogP contribution in [0.1, 0.15) is 12.0 Å². The highest BCUT2D eigenvalue weighted by molar-refractivity contribution is 9.10. The maximum atomic E-state index is 12.6. The third-order valence-electron chi connectivity index (χ3n) is 2.53. The molecule has 1 nitrogen and oxygen atoms in total. The highest BCUT2D eigenvalue weighted by Crippen LogP contribution is 2.34. The van der Waals surface area contributed by atoms with Crippen molar-refractivity contribution in [1.29, 1.82) is 0 Å². The average Bonchev–Trinajstić information content (AvgIpc) is 2.68. The molecule has 0 radical (unpaired) electrons. The molecule has 94 valence electrons. The summed E-state index contributed by atoms with van der Waals surface area (Å²) in [5.41, 5.74) is -0.0979. The molecule has 17 heavy (non-hydrogen) atoms. The Kier molecular flexibility index (Phi) is 3.92. The zero-order valence-electron chi connectivity index (χ0n) is 8.85. The van der Waals surface area contributed by atoms with Gasteiger partial charge in [-0.15, -0.1) is 0 Å². The Balaban J connectivity index is 2.19. The van der Waals surface area contributed by atoms with Gasteiger partial charge in [0.2, 0.25) is 0 Å². The Bertz CT molecular complexity index is 402. The van der Waals surface area contributed by atoms with E-state index < -0.39 is 11.7 Å². The summed E-state index contributed by atoms with van der Waals surface area (Å²) < 4.78 is 38.3. The van der Waals surface area contributed by atoms with E-state index >= 15 is 0 Å². The maximum Gasteiger partial charge on any atom is 0.416 e. The minimum Gasteiger partial charge on any atom is -0.381 e. The molecule has 1 aliphatic rings. The average molecular weight is 326 g/mol. The Morgan fingerprint density at radius 1 is 1.29 bits per heavy atom. The molecular formula is C11H11BrF3NS. The van der Waals surface area contributed by atoms with Crippen LogP contribution >= 0.6 is 27.7 Å². The van der Waals surface area contributed by atoms with E-state index in [1.807, 2.05) is 11.8 Å². The van der Waals surface area contributed by atoms with Crippen LogP contribution in [0.3, 0.4) is 0 Å². The van der Waals surface area contributed by atoms with Crippen LogP contribution in [0.25, 0.3) is 0 Å². The number of nitrogens with one attached hydrogen (secondary N) is 1. The van der Waals surface area contributed by atoms with E-state index in [0.717, 1.165) is 30.1 Å². The molecular weight excluding hydrogens is 315 g/mol. The lowest BCUT2D eigenvalue weighted by Crippen LogP contribution is -2.18. The summed E-state index contributed by atoms with van der Waals surface area (Å²) in [7, 11) is 0. The first-order valence-electron chi connectivity index (χ1n) is 5.17. The van der Waals surface area contributed by atoms with Gasteiger partial charge in [0.15, 0.2) is 0 Å². The second-order valence-electron chi connectivity index (χ2n) is 3.93. The molecule has 1 saturated heterocycles. The highest BCUT2D eigenvalue weighted by Gasteiger charge is 2.31. The molecule has 6 heteroatoms. The largest absolute Gasteiger partial charge is 0.416 e. The minimum atomic E-state index is -4.30. The van der Waals surface area contributed by atoms with Crippen LogP contribution in [0.15, 0.2) is 22.7 Å². The molecule has 0 aliphatic carbocycles. The van der Waals surface area contributed by atoms with Crippen molar-refractivity contribution in [3.05, 3.63) is 28.2 Å². The Morgan fingerprint density at radius 2 is 2.06 bits per heavy atom. The molecule has 2 rings (SSSR count). The first kappa shape index (κ1) is 13.1. The van der Waals surface area contributed by atoms with Gasteiger partial charge in [-0.25, -0.2) is 0 Å². The van der Waals surface area contributed by atoms with Crippen molar-refractivity contribution in [1.82, 2.24) is 0 Å². The van der Waals surface area contributed by atoms with Crippen LogP contribution in [0.5, 0.6) is 0 Å². The third kappa shape index (κ3) is 3.55. The number of hydrogen-bond donors (Lipinski definition) is 1. The maximum absolute atomic E-state index is 12.6. The van der Waals surface area contributed by atoms with Gasteiger partial charge in [0.25, 0.3) is 0 Å².